The normalized spacial score (nSPS) is 24.8. The van der Waals surface area contributed by atoms with Crippen LogP contribution in [-0.4, -0.2) is 49.1 Å². The Kier molecular flexibility index (Phi) is 3.66. The number of piperidine rings is 1. The Morgan fingerprint density at radius 2 is 1.94 bits per heavy atom. The lowest BCUT2D eigenvalue weighted by Gasteiger charge is -2.31. The Morgan fingerprint density at radius 3 is 2.39 bits per heavy atom. The minimum Gasteiger partial charge on any atom is -0.352 e. The summed E-state index contributed by atoms with van der Waals surface area (Å²) in [5, 5.41) is 2.93. The third-order valence-corrected chi connectivity index (χ3v) is 5.67. The molecule has 6 nitrogen and oxygen atoms in total. The maximum atomic E-state index is 11.8. The molecule has 104 valence electrons. The molecule has 2 fully saturated rings. The van der Waals surface area contributed by atoms with Gasteiger partial charge in [0, 0.05) is 19.1 Å². The Morgan fingerprint density at radius 1 is 1.39 bits per heavy atom. The second-order valence-corrected chi connectivity index (χ2v) is 7.46. The summed E-state index contributed by atoms with van der Waals surface area (Å²) >= 11 is 0. The van der Waals surface area contributed by atoms with Crippen molar-refractivity contribution in [3.8, 4) is 0 Å². The van der Waals surface area contributed by atoms with E-state index in [1.54, 1.807) is 6.92 Å². The highest BCUT2D eigenvalue weighted by Gasteiger charge is 2.46. The molecule has 7 heteroatoms. The minimum atomic E-state index is -3.09. The van der Waals surface area contributed by atoms with Crippen molar-refractivity contribution in [2.75, 3.05) is 18.8 Å². The van der Waals surface area contributed by atoms with Gasteiger partial charge in [-0.15, -0.1) is 0 Å². The van der Waals surface area contributed by atoms with Gasteiger partial charge in [0.25, 0.3) is 0 Å². The highest BCUT2D eigenvalue weighted by atomic mass is 32.2. The van der Waals surface area contributed by atoms with Gasteiger partial charge in [-0.05, 0) is 32.6 Å². The number of rotatable bonds is 4. The minimum absolute atomic E-state index is 0.0573. The van der Waals surface area contributed by atoms with Crippen molar-refractivity contribution < 1.29 is 13.2 Å². The molecule has 0 aromatic heterocycles. The van der Waals surface area contributed by atoms with Crippen LogP contribution in [0.3, 0.4) is 0 Å². The fourth-order valence-electron chi connectivity index (χ4n) is 2.15. The second-order valence-electron chi connectivity index (χ2n) is 5.20. The highest BCUT2D eigenvalue weighted by molar-refractivity contribution is 7.89. The van der Waals surface area contributed by atoms with Gasteiger partial charge < -0.3 is 11.1 Å². The van der Waals surface area contributed by atoms with Gasteiger partial charge in [-0.25, -0.2) is 12.7 Å². The molecule has 0 aromatic rings. The van der Waals surface area contributed by atoms with Gasteiger partial charge in [0.2, 0.25) is 15.9 Å². The number of nitrogens with one attached hydrogen (secondary N) is 1. The van der Waals surface area contributed by atoms with Crippen LogP contribution in [-0.2, 0) is 14.8 Å². The molecule has 0 spiro atoms. The summed E-state index contributed by atoms with van der Waals surface area (Å²) in [7, 11) is -3.09. The molecule has 1 heterocycles. The summed E-state index contributed by atoms with van der Waals surface area (Å²) in [6, 6.07) is 0.0573. The van der Waals surface area contributed by atoms with Gasteiger partial charge >= 0.3 is 0 Å². The molecule has 2 aliphatic rings. The van der Waals surface area contributed by atoms with Crippen LogP contribution in [0.4, 0.5) is 0 Å². The van der Waals surface area contributed by atoms with E-state index in [0.717, 1.165) is 12.8 Å². The number of carbonyl (C=O) groups is 1. The molecule has 18 heavy (non-hydrogen) atoms. The first-order chi connectivity index (χ1) is 8.37. The van der Waals surface area contributed by atoms with Gasteiger partial charge in [0.15, 0.2) is 0 Å². The first-order valence-corrected chi connectivity index (χ1v) is 8.06. The molecule has 1 saturated carbocycles. The summed E-state index contributed by atoms with van der Waals surface area (Å²) in [5.41, 5.74) is 5.16. The second kappa shape index (κ2) is 4.79. The lowest BCUT2D eigenvalue weighted by molar-refractivity contribution is -0.124. The Labute approximate surface area is 108 Å². The molecule has 1 aliphatic heterocycles. The molecule has 1 amide bonds. The van der Waals surface area contributed by atoms with E-state index in [2.05, 4.69) is 5.32 Å². The molecule has 0 atom stereocenters. The van der Waals surface area contributed by atoms with Gasteiger partial charge in [0.05, 0.1) is 11.3 Å². The monoisotopic (exact) mass is 275 g/mol. The number of sulfonamides is 1. The zero-order chi connectivity index (χ0) is 13.4. The van der Waals surface area contributed by atoms with Crippen molar-refractivity contribution in [1.29, 1.82) is 0 Å². The fraction of sp³-hybridized carbons (Fsp3) is 0.909. The zero-order valence-electron chi connectivity index (χ0n) is 10.7. The van der Waals surface area contributed by atoms with Crippen LogP contribution in [0.1, 0.15) is 32.6 Å². The summed E-state index contributed by atoms with van der Waals surface area (Å²) < 4.78 is 24.8. The predicted molar refractivity (Wildman–Crippen MR) is 68.4 cm³/mol. The molecular weight excluding hydrogens is 254 g/mol. The third-order valence-electron chi connectivity index (χ3n) is 3.79. The fourth-order valence-corrected chi connectivity index (χ4v) is 3.28. The van der Waals surface area contributed by atoms with Gasteiger partial charge in [-0.3, -0.25) is 4.79 Å². The van der Waals surface area contributed by atoms with Crippen molar-refractivity contribution >= 4 is 15.9 Å². The topological polar surface area (TPSA) is 92.5 Å². The van der Waals surface area contributed by atoms with E-state index in [0.29, 0.717) is 25.9 Å². The van der Waals surface area contributed by atoms with Crippen molar-refractivity contribution in [2.24, 2.45) is 5.73 Å². The Hall–Kier alpha value is -0.660. The average molecular weight is 275 g/mol. The van der Waals surface area contributed by atoms with Gasteiger partial charge in [-0.2, -0.15) is 0 Å². The van der Waals surface area contributed by atoms with E-state index in [-0.39, 0.29) is 17.7 Å². The van der Waals surface area contributed by atoms with Crippen molar-refractivity contribution in [2.45, 2.75) is 44.2 Å². The number of nitrogens with two attached hydrogens (primary N) is 1. The lowest BCUT2D eigenvalue weighted by Crippen LogP contribution is -2.51. The highest BCUT2D eigenvalue weighted by Crippen LogP contribution is 2.32. The molecule has 0 radical (unpaired) electrons. The van der Waals surface area contributed by atoms with Crippen LogP contribution >= 0.6 is 0 Å². The number of hydrogen-bond acceptors (Lipinski definition) is 4. The van der Waals surface area contributed by atoms with E-state index in [1.807, 2.05) is 0 Å². The molecular formula is C11H21N3O3S. The van der Waals surface area contributed by atoms with Crippen LogP contribution in [0.5, 0.6) is 0 Å². The average Bonchev–Trinajstić information content (AvgIpc) is 3.09. The van der Waals surface area contributed by atoms with E-state index < -0.39 is 15.6 Å². The maximum Gasteiger partial charge on any atom is 0.240 e. The first-order valence-electron chi connectivity index (χ1n) is 6.45. The molecule has 0 bridgehead atoms. The van der Waals surface area contributed by atoms with E-state index in [4.69, 9.17) is 5.73 Å². The van der Waals surface area contributed by atoms with E-state index in [1.165, 1.54) is 4.31 Å². The summed E-state index contributed by atoms with van der Waals surface area (Å²) in [5.74, 6) is 0.0509. The van der Waals surface area contributed by atoms with Crippen molar-refractivity contribution in [3.63, 3.8) is 0 Å². The van der Waals surface area contributed by atoms with E-state index >= 15 is 0 Å². The van der Waals surface area contributed by atoms with Crippen molar-refractivity contribution in [1.82, 2.24) is 9.62 Å². The number of nitrogens with zero attached hydrogens (tertiary/aromatic N) is 1. The van der Waals surface area contributed by atoms with Crippen LogP contribution in [0.25, 0.3) is 0 Å². The van der Waals surface area contributed by atoms with E-state index in [9.17, 15) is 13.2 Å². The number of amides is 1. The predicted octanol–water partition coefficient (Wildman–Crippen LogP) is -0.592. The third kappa shape index (κ3) is 2.84. The van der Waals surface area contributed by atoms with Crippen molar-refractivity contribution in [3.05, 3.63) is 0 Å². The number of carbonyl (C=O) groups excluding carboxylic acids is 1. The van der Waals surface area contributed by atoms with Gasteiger partial charge in [-0.1, -0.05) is 0 Å². The van der Waals surface area contributed by atoms with Crippen LogP contribution in [0.2, 0.25) is 0 Å². The zero-order valence-corrected chi connectivity index (χ0v) is 11.5. The molecule has 1 aliphatic carbocycles. The summed E-state index contributed by atoms with van der Waals surface area (Å²) in [6.07, 6.45) is 2.84. The summed E-state index contributed by atoms with van der Waals surface area (Å²) in [4.78, 5) is 11.8. The van der Waals surface area contributed by atoms with Crippen LogP contribution in [0, 0.1) is 0 Å². The number of hydrogen-bond donors (Lipinski definition) is 2. The Balaban J connectivity index is 1.82. The molecule has 0 aromatic carbocycles. The standard InChI is InChI=1S/C11H21N3O3S/c1-2-18(16,17)14-7-3-9(4-8-14)13-10(15)11(12)5-6-11/h9H,2-8,12H2,1H3,(H,13,15). The largest absolute Gasteiger partial charge is 0.352 e. The molecule has 1 saturated heterocycles. The molecule has 0 unspecified atom stereocenters. The smallest absolute Gasteiger partial charge is 0.240 e. The lowest BCUT2D eigenvalue weighted by atomic mass is 10.1. The van der Waals surface area contributed by atoms with Crippen LogP contribution in [0.15, 0.2) is 0 Å². The quantitative estimate of drug-likeness (QED) is 0.717. The molecule has 3 N–H and O–H groups in total. The molecule has 2 rings (SSSR count). The Bertz CT molecular complexity index is 423. The van der Waals surface area contributed by atoms with Gasteiger partial charge in [0.1, 0.15) is 0 Å². The first kappa shape index (κ1) is 13.8. The van der Waals surface area contributed by atoms with Crippen LogP contribution < -0.4 is 11.1 Å². The summed E-state index contributed by atoms with van der Waals surface area (Å²) in [6.45, 7) is 2.62. The maximum absolute atomic E-state index is 11.8. The SMILES string of the molecule is CCS(=O)(=O)N1CCC(NC(=O)C2(N)CC2)CC1.